The molecule has 1 aliphatic heterocycles. The van der Waals surface area contributed by atoms with Gasteiger partial charge in [-0.3, -0.25) is 0 Å². The molecule has 0 radical (unpaired) electrons. The molecule has 1 saturated heterocycles. The molecule has 3 rings (SSSR count). The number of fused-ring (bicyclic) bond motifs is 1. The van der Waals surface area contributed by atoms with Crippen molar-refractivity contribution in [3.05, 3.63) is 34.4 Å². The van der Waals surface area contributed by atoms with Gasteiger partial charge in [0, 0.05) is 34.7 Å². The minimum Gasteiger partial charge on any atom is -0.371 e. The van der Waals surface area contributed by atoms with E-state index in [4.69, 9.17) is 4.74 Å². The Morgan fingerprint density at radius 2 is 2.31 bits per heavy atom. The molecule has 2 heterocycles. The van der Waals surface area contributed by atoms with Gasteiger partial charge in [0.1, 0.15) is 0 Å². The van der Waals surface area contributed by atoms with Gasteiger partial charge < -0.3 is 15.0 Å². The van der Waals surface area contributed by atoms with Crippen LogP contribution in [0.5, 0.6) is 0 Å². The highest BCUT2D eigenvalue weighted by Crippen LogP contribution is 2.28. The highest BCUT2D eigenvalue weighted by Gasteiger charge is 2.16. The van der Waals surface area contributed by atoms with E-state index in [2.05, 4.69) is 44.4 Å². The number of halogens is 1. The van der Waals surface area contributed by atoms with Gasteiger partial charge in [0.25, 0.3) is 0 Å². The van der Waals surface area contributed by atoms with Gasteiger partial charge in [-0.15, -0.1) is 0 Å². The van der Waals surface area contributed by atoms with Gasteiger partial charge in [0.2, 0.25) is 0 Å². The Hall–Kier alpha value is -0.840. The molecular formula is C12H13BrN2O. The quantitative estimate of drug-likeness (QED) is 0.843. The van der Waals surface area contributed by atoms with Crippen molar-refractivity contribution in [2.75, 3.05) is 19.7 Å². The van der Waals surface area contributed by atoms with Gasteiger partial charge in [-0.25, -0.2) is 0 Å². The molecule has 1 aliphatic rings. The van der Waals surface area contributed by atoms with E-state index in [1.807, 2.05) is 6.20 Å². The molecular weight excluding hydrogens is 268 g/mol. The Bertz CT molecular complexity index is 503. The van der Waals surface area contributed by atoms with E-state index >= 15 is 0 Å². The molecule has 4 heteroatoms. The number of H-pyrrole nitrogens is 1. The highest BCUT2D eigenvalue weighted by molar-refractivity contribution is 9.10. The van der Waals surface area contributed by atoms with Crippen LogP contribution >= 0.6 is 15.9 Å². The summed E-state index contributed by atoms with van der Waals surface area (Å²) in [5.74, 6) is 0. The number of morpholine rings is 1. The molecule has 2 N–H and O–H groups in total. The number of benzene rings is 1. The number of hydrogen-bond donors (Lipinski definition) is 2. The SMILES string of the molecule is Brc1c[nH]c2ccc(C3CNCCO3)cc12. The highest BCUT2D eigenvalue weighted by atomic mass is 79.9. The second kappa shape index (κ2) is 4.20. The molecule has 0 aliphatic carbocycles. The summed E-state index contributed by atoms with van der Waals surface area (Å²) in [6, 6.07) is 6.42. The number of ether oxygens (including phenoxy) is 1. The molecule has 1 aromatic heterocycles. The van der Waals surface area contributed by atoms with Gasteiger partial charge >= 0.3 is 0 Å². The average Bonchev–Trinajstić information content (AvgIpc) is 2.72. The Kier molecular flexibility index (Phi) is 2.71. The zero-order valence-electron chi connectivity index (χ0n) is 8.79. The number of aromatic amines is 1. The summed E-state index contributed by atoms with van der Waals surface area (Å²) in [6.07, 6.45) is 2.15. The molecule has 1 fully saturated rings. The van der Waals surface area contributed by atoms with E-state index in [0.717, 1.165) is 29.7 Å². The smallest absolute Gasteiger partial charge is 0.0950 e. The second-order valence-corrected chi connectivity index (χ2v) is 4.86. The van der Waals surface area contributed by atoms with Crippen LogP contribution < -0.4 is 5.32 Å². The van der Waals surface area contributed by atoms with Crippen molar-refractivity contribution in [2.45, 2.75) is 6.10 Å². The van der Waals surface area contributed by atoms with Crippen molar-refractivity contribution in [1.29, 1.82) is 0 Å². The molecule has 0 bridgehead atoms. The van der Waals surface area contributed by atoms with E-state index in [1.54, 1.807) is 0 Å². The summed E-state index contributed by atoms with van der Waals surface area (Å²) in [5.41, 5.74) is 2.39. The van der Waals surface area contributed by atoms with Crippen molar-refractivity contribution in [2.24, 2.45) is 0 Å². The lowest BCUT2D eigenvalue weighted by molar-refractivity contribution is 0.0278. The van der Waals surface area contributed by atoms with Gasteiger partial charge in [0.05, 0.1) is 12.7 Å². The van der Waals surface area contributed by atoms with Gasteiger partial charge in [0.15, 0.2) is 0 Å². The van der Waals surface area contributed by atoms with Crippen molar-refractivity contribution < 1.29 is 4.74 Å². The molecule has 3 nitrogen and oxygen atoms in total. The number of aromatic nitrogens is 1. The van der Waals surface area contributed by atoms with E-state index in [1.165, 1.54) is 10.9 Å². The first-order valence-corrected chi connectivity index (χ1v) is 6.23. The van der Waals surface area contributed by atoms with E-state index in [-0.39, 0.29) is 6.10 Å². The van der Waals surface area contributed by atoms with E-state index < -0.39 is 0 Å². The first kappa shape index (κ1) is 10.3. The third-order valence-electron chi connectivity index (χ3n) is 2.95. The number of rotatable bonds is 1. The Labute approximate surface area is 102 Å². The predicted molar refractivity (Wildman–Crippen MR) is 67.6 cm³/mol. The first-order valence-electron chi connectivity index (χ1n) is 5.43. The molecule has 1 aromatic carbocycles. The van der Waals surface area contributed by atoms with Crippen LogP contribution in [0.25, 0.3) is 10.9 Å². The van der Waals surface area contributed by atoms with Crippen LogP contribution in [-0.2, 0) is 4.74 Å². The molecule has 1 atom stereocenters. The number of nitrogens with one attached hydrogen (secondary N) is 2. The standard InChI is InChI=1S/C12H13BrN2O/c13-10-6-15-11-2-1-8(5-9(10)11)12-7-14-3-4-16-12/h1-2,5-6,12,14-15H,3-4,7H2. The van der Waals surface area contributed by atoms with Gasteiger partial charge in [-0.05, 0) is 33.6 Å². The summed E-state index contributed by atoms with van der Waals surface area (Å²) in [7, 11) is 0. The minimum atomic E-state index is 0.181. The van der Waals surface area contributed by atoms with Crippen molar-refractivity contribution in [1.82, 2.24) is 10.3 Å². The fraction of sp³-hybridized carbons (Fsp3) is 0.333. The maximum Gasteiger partial charge on any atom is 0.0950 e. The van der Waals surface area contributed by atoms with Crippen LogP contribution in [0.3, 0.4) is 0 Å². The van der Waals surface area contributed by atoms with Gasteiger partial charge in [-0.1, -0.05) is 6.07 Å². The molecule has 0 amide bonds. The normalized spacial score (nSPS) is 21.4. The van der Waals surface area contributed by atoms with Gasteiger partial charge in [-0.2, -0.15) is 0 Å². The van der Waals surface area contributed by atoms with Crippen LogP contribution in [0.15, 0.2) is 28.9 Å². The number of hydrogen-bond acceptors (Lipinski definition) is 2. The third kappa shape index (κ3) is 1.77. The lowest BCUT2D eigenvalue weighted by atomic mass is 10.1. The summed E-state index contributed by atoms with van der Waals surface area (Å²) in [4.78, 5) is 3.21. The lowest BCUT2D eigenvalue weighted by Crippen LogP contribution is -2.33. The van der Waals surface area contributed by atoms with Crippen molar-refractivity contribution >= 4 is 26.8 Å². The zero-order chi connectivity index (χ0) is 11.0. The van der Waals surface area contributed by atoms with Crippen molar-refractivity contribution in [3.63, 3.8) is 0 Å². The third-order valence-corrected chi connectivity index (χ3v) is 3.61. The van der Waals surface area contributed by atoms with E-state index in [0.29, 0.717) is 0 Å². The molecule has 1 unspecified atom stereocenters. The van der Waals surface area contributed by atoms with Crippen LogP contribution in [0.4, 0.5) is 0 Å². The van der Waals surface area contributed by atoms with E-state index in [9.17, 15) is 0 Å². The Morgan fingerprint density at radius 1 is 1.38 bits per heavy atom. The summed E-state index contributed by atoms with van der Waals surface area (Å²) < 4.78 is 6.85. The summed E-state index contributed by atoms with van der Waals surface area (Å²) in [5, 5.41) is 4.56. The monoisotopic (exact) mass is 280 g/mol. The minimum absolute atomic E-state index is 0.181. The maximum atomic E-state index is 5.74. The van der Waals surface area contributed by atoms with Crippen LogP contribution in [0.1, 0.15) is 11.7 Å². The average molecular weight is 281 g/mol. The Balaban J connectivity index is 1.99. The molecule has 0 saturated carbocycles. The molecule has 16 heavy (non-hydrogen) atoms. The summed E-state index contributed by atoms with van der Waals surface area (Å²) >= 11 is 3.54. The molecule has 84 valence electrons. The lowest BCUT2D eigenvalue weighted by Gasteiger charge is -2.24. The Morgan fingerprint density at radius 3 is 3.12 bits per heavy atom. The van der Waals surface area contributed by atoms with Crippen molar-refractivity contribution in [3.8, 4) is 0 Å². The first-order chi connectivity index (χ1) is 7.84. The van der Waals surface area contributed by atoms with Crippen LogP contribution in [0.2, 0.25) is 0 Å². The molecule has 2 aromatic rings. The fourth-order valence-electron chi connectivity index (χ4n) is 2.08. The maximum absolute atomic E-state index is 5.74. The fourth-order valence-corrected chi connectivity index (χ4v) is 2.53. The van der Waals surface area contributed by atoms with Crippen LogP contribution in [0, 0.1) is 0 Å². The second-order valence-electron chi connectivity index (χ2n) is 4.01. The topological polar surface area (TPSA) is 37.0 Å². The largest absolute Gasteiger partial charge is 0.371 e. The van der Waals surface area contributed by atoms with Crippen LogP contribution in [-0.4, -0.2) is 24.7 Å². The predicted octanol–water partition coefficient (Wildman–Crippen LogP) is 2.59. The molecule has 0 spiro atoms. The zero-order valence-corrected chi connectivity index (χ0v) is 10.4. The summed E-state index contributed by atoms with van der Waals surface area (Å²) in [6.45, 7) is 2.64.